The van der Waals surface area contributed by atoms with Gasteiger partial charge in [-0.15, -0.1) is 0 Å². The molecule has 0 unspecified atom stereocenters. The van der Waals surface area contributed by atoms with Crippen molar-refractivity contribution < 1.29 is 13.6 Å². The number of nitrogens with one attached hydrogen (secondary N) is 1. The van der Waals surface area contributed by atoms with Crippen LogP contribution in [0.4, 0.5) is 10.1 Å². The van der Waals surface area contributed by atoms with E-state index in [9.17, 15) is 9.18 Å². The van der Waals surface area contributed by atoms with Gasteiger partial charge in [-0.05, 0) is 55.9 Å². The third-order valence-electron chi connectivity index (χ3n) is 4.12. The topological polar surface area (TPSA) is 45.5 Å². The molecule has 0 spiro atoms. The van der Waals surface area contributed by atoms with Crippen LogP contribution in [0.1, 0.15) is 23.1 Å². The molecule has 0 saturated carbocycles. The Balaban J connectivity index is 1.82. The van der Waals surface area contributed by atoms with Crippen LogP contribution < -0.4 is 5.32 Å². The zero-order valence-electron chi connectivity index (χ0n) is 14.8. The lowest BCUT2D eigenvalue weighted by Crippen LogP contribution is -2.34. The summed E-state index contributed by atoms with van der Waals surface area (Å²) >= 11 is 0. The van der Waals surface area contributed by atoms with Gasteiger partial charge in [-0.1, -0.05) is 30.3 Å². The number of nitrogens with zero attached hydrogens (tertiary/aromatic N) is 1. The van der Waals surface area contributed by atoms with Gasteiger partial charge in [-0.25, -0.2) is 4.39 Å². The Morgan fingerprint density at radius 1 is 1.08 bits per heavy atom. The van der Waals surface area contributed by atoms with Gasteiger partial charge >= 0.3 is 0 Å². The molecule has 26 heavy (non-hydrogen) atoms. The van der Waals surface area contributed by atoms with E-state index in [0.717, 1.165) is 17.1 Å². The van der Waals surface area contributed by atoms with Crippen LogP contribution in [0.15, 0.2) is 71.1 Å². The van der Waals surface area contributed by atoms with E-state index in [2.05, 4.69) is 5.32 Å². The van der Waals surface area contributed by atoms with Crippen molar-refractivity contribution >= 4 is 11.6 Å². The number of benzene rings is 2. The average molecular weight is 352 g/mol. The van der Waals surface area contributed by atoms with E-state index in [4.69, 9.17) is 4.42 Å². The van der Waals surface area contributed by atoms with E-state index < -0.39 is 6.04 Å². The molecular weight excluding hydrogens is 331 g/mol. The van der Waals surface area contributed by atoms with Gasteiger partial charge < -0.3 is 9.73 Å². The van der Waals surface area contributed by atoms with Gasteiger partial charge in [0.05, 0.1) is 6.54 Å². The Morgan fingerprint density at radius 3 is 2.38 bits per heavy atom. The average Bonchev–Trinajstić information content (AvgIpc) is 3.03. The lowest BCUT2D eigenvalue weighted by Gasteiger charge is -2.27. The lowest BCUT2D eigenvalue weighted by molar-refractivity contribution is -0.121. The van der Waals surface area contributed by atoms with Crippen molar-refractivity contribution in [1.29, 1.82) is 0 Å². The van der Waals surface area contributed by atoms with Crippen LogP contribution in [0.25, 0.3) is 0 Å². The van der Waals surface area contributed by atoms with Crippen molar-refractivity contribution in [2.45, 2.75) is 19.5 Å². The van der Waals surface area contributed by atoms with Gasteiger partial charge in [0.2, 0.25) is 5.91 Å². The standard InChI is InChI=1S/C21H21FN2O2/c1-15-8-13-19(26-15)14-24(2)20(16-6-4-3-5-7-16)21(25)23-18-11-9-17(22)10-12-18/h3-13,20H,14H2,1-2H3,(H,23,25)/t20-/m1/s1. The van der Waals surface area contributed by atoms with Crippen LogP contribution in [0.5, 0.6) is 0 Å². The van der Waals surface area contributed by atoms with Crippen LogP contribution >= 0.6 is 0 Å². The van der Waals surface area contributed by atoms with Gasteiger partial charge in [0, 0.05) is 5.69 Å². The molecule has 4 nitrogen and oxygen atoms in total. The maximum absolute atomic E-state index is 13.1. The molecule has 134 valence electrons. The van der Waals surface area contributed by atoms with Gasteiger partial charge in [0.25, 0.3) is 0 Å². The molecule has 1 atom stereocenters. The maximum Gasteiger partial charge on any atom is 0.246 e. The van der Waals surface area contributed by atoms with E-state index >= 15 is 0 Å². The fourth-order valence-corrected chi connectivity index (χ4v) is 2.89. The highest BCUT2D eigenvalue weighted by Crippen LogP contribution is 2.24. The molecule has 0 saturated heterocycles. The van der Waals surface area contributed by atoms with Crippen LogP contribution in [0.2, 0.25) is 0 Å². The van der Waals surface area contributed by atoms with Gasteiger partial charge in [0.1, 0.15) is 23.4 Å². The second-order valence-corrected chi connectivity index (χ2v) is 6.24. The van der Waals surface area contributed by atoms with Crippen molar-refractivity contribution in [3.63, 3.8) is 0 Å². The Bertz CT molecular complexity index is 859. The second-order valence-electron chi connectivity index (χ2n) is 6.24. The molecule has 0 aliphatic rings. The van der Waals surface area contributed by atoms with Crippen LogP contribution in [0.3, 0.4) is 0 Å². The van der Waals surface area contributed by atoms with Crippen molar-refractivity contribution in [2.75, 3.05) is 12.4 Å². The Kier molecular flexibility index (Phi) is 5.49. The number of rotatable bonds is 6. The SMILES string of the molecule is Cc1ccc(CN(C)[C@@H](C(=O)Nc2ccc(F)cc2)c2ccccc2)o1. The monoisotopic (exact) mass is 352 g/mol. The summed E-state index contributed by atoms with van der Waals surface area (Å²) in [6.07, 6.45) is 0. The minimum Gasteiger partial charge on any atom is -0.465 e. The Labute approximate surface area is 152 Å². The molecule has 0 radical (unpaired) electrons. The largest absolute Gasteiger partial charge is 0.465 e. The van der Waals surface area contributed by atoms with Crippen molar-refractivity contribution in [3.8, 4) is 0 Å². The minimum atomic E-state index is -0.508. The summed E-state index contributed by atoms with van der Waals surface area (Å²) < 4.78 is 18.7. The molecule has 3 rings (SSSR count). The number of hydrogen-bond donors (Lipinski definition) is 1. The molecule has 2 aromatic carbocycles. The Hall–Kier alpha value is -2.92. The zero-order chi connectivity index (χ0) is 18.5. The molecule has 0 aliphatic carbocycles. The first-order valence-electron chi connectivity index (χ1n) is 8.40. The Morgan fingerprint density at radius 2 is 1.77 bits per heavy atom. The van der Waals surface area contributed by atoms with Crippen LogP contribution in [-0.2, 0) is 11.3 Å². The number of aryl methyl sites for hydroxylation is 1. The van der Waals surface area contributed by atoms with E-state index in [1.807, 2.05) is 61.3 Å². The fourth-order valence-electron chi connectivity index (χ4n) is 2.89. The quantitative estimate of drug-likeness (QED) is 0.708. The van der Waals surface area contributed by atoms with Gasteiger partial charge in [-0.2, -0.15) is 0 Å². The molecule has 0 fully saturated rings. The molecule has 3 aromatic rings. The summed E-state index contributed by atoms with van der Waals surface area (Å²) in [5, 5.41) is 2.86. The predicted molar refractivity (Wildman–Crippen MR) is 99.1 cm³/mol. The van der Waals surface area contributed by atoms with Gasteiger partial charge in [0.15, 0.2) is 0 Å². The number of carbonyl (C=O) groups is 1. The van der Waals surface area contributed by atoms with Gasteiger partial charge in [-0.3, -0.25) is 9.69 Å². The predicted octanol–water partition coefficient (Wildman–Crippen LogP) is 4.54. The third-order valence-corrected chi connectivity index (χ3v) is 4.12. The van der Waals surface area contributed by atoms with Crippen LogP contribution in [-0.4, -0.2) is 17.9 Å². The number of anilines is 1. The molecule has 1 aromatic heterocycles. The van der Waals surface area contributed by atoms with Crippen molar-refractivity contribution in [2.24, 2.45) is 0 Å². The molecule has 1 N–H and O–H groups in total. The van der Waals surface area contributed by atoms with Crippen molar-refractivity contribution in [1.82, 2.24) is 4.90 Å². The molecule has 0 bridgehead atoms. The van der Waals surface area contributed by atoms with E-state index in [1.54, 1.807) is 12.1 Å². The highest BCUT2D eigenvalue weighted by molar-refractivity contribution is 5.95. The number of halogens is 1. The third kappa shape index (κ3) is 4.37. The van der Waals surface area contributed by atoms with E-state index in [0.29, 0.717) is 12.2 Å². The number of amides is 1. The summed E-state index contributed by atoms with van der Waals surface area (Å²) in [5.74, 6) is 1.10. The summed E-state index contributed by atoms with van der Waals surface area (Å²) in [6.45, 7) is 2.38. The number of furan rings is 1. The highest BCUT2D eigenvalue weighted by Gasteiger charge is 2.26. The zero-order valence-corrected chi connectivity index (χ0v) is 14.8. The molecular formula is C21H21FN2O2. The lowest BCUT2D eigenvalue weighted by atomic mass is 10.0. The van der Waals surface area contributed by atoms with E-state index in [1.165, 1.54) is 12.1 Å². The summed E-state index contributed by atoms with van der Waals surface area (Å²) in [7, 11) is 1.87. The first kappa shape index (κ1) is 17.9. The van der Waals surface area contributed by atoms with Crippen molar-refractivity contribution in [3.05, 3.63) is 89.6 Å². The summed E-state index contributed by atoms with van der Waals surface area (Å²) in [4.78, 5) is 14.9. The second kappa shape index (κ2) is 7.97. The summed E-state index contributed by atoms with van der Waals surface area (Å²) in [5.41, 5.74) is 1.43. The maximum atomic E-state index is 13.1. The molecule has 5 heteroatoms. The first-order chi connectivity index (χ1) is 12.5. The summed E-state index contributed by atoms with van der Waals surface area (Å²) in [6, 6.07) is 18.6. The number of likely N-dealkylation sites (N-methyl/N-ethyl adjacent to an activating group) is 1. The van der Waals surface area contributed by atoms with Crippen LogP contribution in [0, 0.1) is 12.7 Å². The first-order valence-corrected chi connectivity index (χ1v) is 8.40. The smallest absolute Gasteiger partial charge is 0.246 e. The number of hydrogen-bond acceptors (Lipinski definition) is 3. The molecule has 1 amide bonds. The van der Waals surface area contributed by atoms with E-state index in [-0.39, 0.29) is 11.7 Å². The molecule has 0 aliphatic heterocycles. The fraction of sp³-hybridized carbons (Fsp3) is 0.190. The minimum absolute atomic E-state index is 0.186. The number of carbonyl (C=O) groups excluding carboxylic acids is 1. The highest BCUT2D eigenvalue weighted by atomic mass is 19.1. The normalized spacial score (nSPS) is 12.2. The molecule has 1 heterocycles.